The van der Waals surface area contributed by atoms with Crippen LogP contribution in [0.2, 0.25) is 5.02 Å². The number of halogens is 1. The lowest BCUT2D eigenvalue weighted by atomic mass is 10.2. The highest BCUT2D eigenvalue weighted by Crippen LogP contribution is 2.12. The Morgan fingerprint density at radius 3 is 2.79 bits per heavy atom. The first-order valence-corrected chi connectivity index (χ1v) is 6.71. The maximum atomic E-state index is 6.02. The lowest BCUT2D eigenvalue weighted by molar-refractivity contribution is 0.308. The molecule has 100 valence electrons. The van der Waals surface area contributed by atoms with Crippen LogP contribution in [0.1, 0.15) is 12.0 Å². The molecule has 2 aromatic rings. The minimum Gasteiger partial charge on any atom is -0.494 e. The fraction of sp³-hybridized carbons (Fsp3) is 0.267. The van der Waals surface area contributed by atoms with Crippen LogP contribution < -0.4 is 10.1 Å². The van der Waals surface area contributed by atoms with Gasteiger partial charge in [0.25, 0.3) is 0 Å². The SMILES string of the molecule is Clc1cnccc1CNCCCOc1ccccc1. The van der Waals surface area contributed by atoms with Crippen LogP contribution >= 0.6 is 11.6 Å². The summed E-state index contributed by atoms with van der Waals surface area (Å²) in [7, 11) is 0. The summed E-state index contributed by atoms with van der Waals surface area (Å²) in [4.78, 5) is 3.96. The molecule has 3 nitrogen and oxygen atoms in total. The van der Waals surface area contributed by atoms with E-state index < -0.39 is 0 Å². The van der Waals surface area contributed by atoms with Crippen molar-refractivity contribution >= 4 is 11.6 Å². The minimum absolute atomic E-state index is 0.704. The number of aromatic nitrogens is 1. The molecule has 0 aliphatic heterocycles. The number of rotatable bonds is 7. The lowest BCUT2D eigenvalue weighted by Gasteiger charge is -2.08. The van der Waals surface area contributed by atoms with E-state index >= 15 is 0 Å². The predicted molar refractivity (Wildman–Crippen MR) is 77.5 cm³/mol. The second kappa shape index (κ2) is 7.77. The molecule has 1 heterocycles. The Hall–Kier alpha value is -1.58. The topological polar surface area (TPSA) is 34.2 Å². The van der Waals surface area contributed by atoms with Gasteiger partial charge in [-0.1, -0.05) is 29.8 Å². The third-order valence-electron chi connectivity index (χ3n) is 2.68. The molecular formula is C15H17ClN2O. The van der Waals surface area contributed by atoms with Crippen LogP contribution in [0.4, 0.5) is 0 Å². The van der Waals surface area contributed by atoms with Gasteiger partial charge < -0.3 is 10.1 Å². The van der Waals surface area contributed by atoms with E-state index in [0.29, 0.717) is 11.6 Å². The van der Waals surface area contributed by atoms with Gasteiger partial charge in [-0.25, -0.2) is 0 Å². The maximum absolute atomic E-state index is 6.02. The quantitative estimate of drug-likeness (QED) is 0.788. The van der Waals surface area contributed by atoms with Crippen molar-refractivity contribution in [2.24, 2.45) is 0 Å². The number of hydrogen-bond acceptors (Lipinski definition) is 3. The normalized spacial score (nSPS) is 10.4. The van der Waals surface area contributed by atoms with E-state index in [9.17, 15) is 0 Å². The first kappa shape index (κ1) is 13.8. The van der Waals surface area contributed by atoms with E-state index in [-0.39, 0.29) is 0 Å². The van der Waals surface area contributed by atoms with Gasteiger partial charge in [0.15, 0.2) is 0 Å². The van der Waals surface area contributed by atoms with Crippen molar-refractivity contribution in [1.29, 1.82) is 0 Å². The fourth-order valence-electron chi connectivity index (χ4n) is 1.67. The van der Waals surface area contributed by atoms with E-state index in [2.05, 4.69) is 10.3 Å². The molecule has 1 aromatic heterocycles. The van der Waals surface area contributed by atoms with Crippen LogP contribution in [0, 0.1) is 0 Å². The number of para-hydroxylation sites is 1. The standard InChI is InChI=1S/C15H17ClN2O/c16-15-12-18-9-7-13(15)11-17-8-4-10-19-14-5-2-1-3-6-14/h1-3,5-7,9,12,17H,4,8,10-11H2. The largest absolute Gasteiger partial charge is 0.494 e. The van der Waals surface area contributed by atoms with Gasteiger partial charge in [0.05, 0.1) is 11.6 Å². The van der Waals surface area contributed by atoms with Gasteiger partial charge in [-0.3, -0.25) is 4.98 Å². The fourth-order valence-corrected chi connectivity index (χ4v) is 1.86. The van der Waals surface area contributed by atoms with Crippen molar-refractivity contribution in [3.05, 3.63) is 59.4 Å². The van der Waals surface area contributed by atoms with Crippen molar-refractivity contribution < 1.29 is 4.74 Å². The molecule has 0 radical (unpaired) electrons. The first-order chi connectivity index (χ1) is 9.36. The molecule has 0 fully saturated rings. The average Bonchev–Trinajstić information content (AvgIpc) is 2.45. The smallest absolute Gasteiger partial charge is 0.119 e. The molecular weight excluding hydrogens is 260 g/mol. The molecule has 0 atom stereocenters. The van der Waals surface area contributed by atoms with Crippen LogP contribution in [0.3, 0.4) is 0 Å². The number of benzene rings is 1. The summed E-state index contributed by atoms with van der Waals surface area (Å²) in [6.45, 7) is 2.36. The molecule has 0 aliphatic carbocycles. The van der Waals surface area contributed by atoms with Crippen LogP contribution in [0.5, 0.6) is 5.75 Å². The number of nitrogens with zero attached hydrogens (tertiary/aromatic N) is 1. The summed E-state index contributed by atoms with van der Waals surface area (Å²) < 4.78 is 5.61. The number of ether oxygens (including phenoxy) is 1. The summed E-state index contributed by atoms with van der Waals surface area (Å²) in [5.74, 6) is 0.916. The first-order valence-electron chi connectivity index (χ1n) is 6.33. The summed E-state index contributed by atoms with van der Waals surface area (Å²) in [5, 5.41) is 4.04. The van der Waals surface area contributed by atoms with Crippen molar-refractivity contribution in [3.8, 4) is 5.75 Å². The van der Waals surface area contributed by atoms with E-state index in [1.165, 1.54) is 0 Å². The maximum Gasteiger partial charge on any atom is 0.119 e. The molecule has 0 spiro atoms. The summed E-state index contributed by atoms with van der Waals surface area (Å²) in [5.41, 5.74) is 1.07. The number of nitrogens with one attached hydrogen (secondary N) is 1. The second-order valence-corrected chi connectivity index (χ2v) is 4.57. The Morgan fingerprint density at radius 1 is 1.16 bits per heavy atom. The molecule has 0 amide bonds. The Balaban J connectivity index is 1.59. The van der Waals surface area contributed by atoms with Crippen molar-refractivity contribution in [1.82, 2.24) is 10.3 Å². The van der Waals surface area contributed by atoms with E-state index in [4.69, 9.17) is 16.3 Å². The summed E-state index contributed by atoms with van der Waals surface area (Å²) in [6, 6.07) is 11.8. The Kier molecular flexibility index (Phi) is 5.66. The van der Waals surface area contributed by atoms with Gasteiger partial charge in [-0.15, -0.1) is 0 Å². The van der Waals surface area contributed by atoms with Crippen molar-refractivity contribution in [2.45, 2.75) is 13.0 Å². The summed E-state index contributed by atoms with van der Waals surface area (Å²) >= 11 is 6.02. The van der Waals surface area contributed by atoms with E-state index in [0.717, 1.165) is 30.8 Å². The van der Waals surface area contributed by atoms with Gasteiger partial charge in [0.2, 0.25) is 0 Å². The molecule has 0 saturated carbocycles. The molecule has 4 heteroatoms. The molecule has 0 bridgehead atoms. The van der Waals surface area contributed by atoms with Gasteiger partial charge >= 0.3 is 0 Å². The molecule has 0 aliphatic rings. The molecule has 1 N–H and O–H groups in total. The highest BCUT2D eigenvalue weighted by atomic mass is 35.5. The molecule has 0 saturated heterocycles. The zero-order valence-electron chi connectivity index (χ0n) is 10.7. The second-order valence-electron chi connectivity index (χ2n) is 4.16. The lowest BCUT2D eigenvalue weighted by Crippen LogP contribution is -2.17. The molecule has 0 unspecified atom stereocenters. The highest BCUT2D eigenvalue weighted by molar-refractivity contribution is 6.31. The minimum atomic E-state index is 0.704. The monoisotopic (exact) mass is 276 g/mol. The van der Waals surface area contributed by atoms with Crippen molar-refractivity contribution in [2.75, 3.05) is 13.2 Å². The summed E-state index contributed by atoms with van der Waals surface area (Å²) in [6.07, 6.45) is 4.37. The van der Waals surface area contributed by atoms with E-state index in [1.54, 1.807) is 12.4 Å². The Bertz CT molecular complexity index is 491. The third-order valence-corrected chi connectivity index (χ3v) is 3.02. The van der Waals surface area contributed by atoms with Gasteiger partial charge in [0, 0.05) is 18.9 Å². The van der Waals surface area contributed by atoms with Gasteiger partial charge in [0.1, 0.15) is 5.75 Å². The van der Waals surface area contributed by atoms with Crippen molar-refractivity contribution in [3.63, 3.8) is 0 Å². The zero-order chi connectivity index (χ0) is 13.3. The molecule has 1 aromatic carbocycles. The Labute approximate surface area is 118 Å². The van der Waals surface area contributed by atoms with Crippen LogP contribution in [-0.2, 0) is 6.54 Å². The van der Waals surface area contributed by atoms with Crippen LogP contribution in [0.15, 0.2) is 48.8 Å². The highest BCUT2D eigenvalue weighted by Gasteiger charge is 1.98. The van der Waals surface area contributed by atoms with Crippen LogP contribution in [-0.4, -0.2) is 18.1 Å². The third kappa shape index (κ3) is 4.89. The number of hydrogen-bond donors (Lipinski definition) is 1. The zero-order valence-corrected chi connectivity index (χ0v) is 11.4. The molecule has 19 heavy (non-hydrogen) atoms. The van der Waals surface area contributed by atoms with Gasteiger partial charge in [-0.2, -0.15) is 0 Å². The number of pyridine rings is 1. The van der Waals surface area contributed by atoms with Gasteiger partial charge in [-0.05, 0) is 36.7 Å². The Morgan fingerprint density at radius 2 is 2.00 bits per heavy atom. The van der Waals surface area contributed by atoms with E-state index in [1.807, 2.05) is 36.4 Å². The molecule has 2 rings (SSSR count). The predicted octanol–water partition coefficient (Wildman–Crippen LogP) is 3.29. The average molecular weight is 277 g/mol. The van der Waals surface area contributed by atoms with Crippen LogP contribution in [0.25, 0.3) is 0 Å².